The number of hydrogen-bond acceptors (Lipinski definition) is 4. The molecule has 196 valence electrons. The molecule has 1 aliphatic rings. The van der Waals surface area contributed by atoms with Gasteiger partial charge >= 0.3 is 0 Å². The second-order valence-corrected chi connectivity index (χ2v) is 10.8. The molecule has 0 radical (unpaired) electrons. The summed E-state index contributed by atoms with van der Waals surface area (Å²) in [5.74, 6) is 0. The molecule has 0 amide bonds. The lowest BCUT2D eigenvalue weighted by Crippen LogP contribution is -1.97. The van der Waals surface area contributed by atoms with Crippen molar-refractivity contribution < 1.29 is 0 Å². The molecule has 0 aliphatic heterocycles. The maximum atomic E-state index is 9.59. The molecule has 0 fully saturated rings. The predicted octanol–water partition coefficient (Wildman–Crippen LogP) is 8.94. The second kappa shape index (κ2) is 8.60. The molecule has 6 aromatic carbocycles. The van der Waals surface area contributed by atoms with Crippen molar-refractivity contribution in [3.63, 3.8) is 0 Å². The van der Waals surface area contributed by atoms with Crippen LogP contribution in [0.5, 0.6) is 0 Å². The molecular weight excluding hydrogens is 526 g/mol. The van der Waals surface area contributed by atoms with Crippen LogP contribution in [0, 0.1) is 22.7 Å². The molecule has 0 atom stereocenters. The van der Waals surface area contributed by atoms with Gasteiger partial charge in [-0.1, -0.05) is 97.1 Å². The minimum absolute atomic E-state index is 0.0536. The van der Waals surface area contributed by atoms with Gasteiger partial charge in [0.1, 0.15) is 12.1 Å². The highest BCUT2D eigenvalue weighted by Crippen LogP contribution is 2.49. The molecule has 2 heterocycles. The number of para-hydroxylation sites is 2. The van der Waals surface area contributed by atoms with Crippen LogP contribution < -0.4 is 0 Å². The molecule has 0 unspecified atom stereocenters. The van der Waals surface area contributed by atoms with Gasteiger partial charge in [0.05, 0.1) is 28.1 Å². The van der Waals surface area contributed by atoms with Gasteiger partial charge in [0.15, 0.2) is 11.4 Å². The number of hydrogen-bond donors (Lipinski definition) is 0. The third-order valence-electron chi connectivity index (χ3n) is 8.67. The van der Waals surface area contributed by atoms with Gasteiger partial charge in [0.25, 0.3) is 0 Å². The third kappa shape index (κ3) is 3.08. The molecule has 5 heteroatoms. The highest BCUT2D eigenvalue weighted by atomic mass is 15.0. The van der Waals surface area contributed by atoms with E-state index in [1.165, 1.54) is 27.2 Å². The van der Waals surface area contributed by atoms with E-state index >= 15 is 0 Å². The van der Waals surface area contributed by atoms with E-state index in [1.807, 2.05) is 24.3 Å². The molecule has 8 aromatic rings. The molecule has 9 rings (SSSR count). The van der Waals surface area contributed by atoms with Crippen molar-refractivity contribution >= 4 is 43.4 Å². The van der Waals surface area contributed by atoms with E-state index in [4.69, 9.17) is 0 Å². The standard InChI is InChI=1S/C38H19N5/c39-20-31-32(21-40)42-38-30-17-16-24(28-12-7-13-29(36(28)30)37(38)41-31)23-18-19-35(25-9-2-1-8-22(23)25)43-33-14-5-3-10-26(33)27-11-4-6-15-34(27)43/h1-19H. The van der Waals surface area contributed by atoms with Gasteiger partial charge in [0.2, 0.25) is 0 Å². The van der Waals surface area contributed by atoms with Gasteiger partial charge < -0.3 is 4.57 Å². The summed E-state index contributed by atoms with van der Waals surface area (Å²) < 4.78 is 2.37. The molecule has 5 nitrogen and oxygen atoms in total. The molecule has 0 saturated carbocycles. The summed E-state index contributed by atoms with van der Waals surface area (Å²) in [6, 6.07) is 44.7. The summed E-state index contributed by atoms with van der Waals surface area (Å²) in [6.45, 7) is 0. The Bertz CT molecular complexity index is 2490. The topological polar surface area (TPSA) is 78.3 Å². The Kier molecular flexibility index (Phi) is 4.68. The number of nitrogens with zero attached hydrogens (tertiary/aromatic N) is 5. The van der Waals surface area contributed by atoms with Crippen LogP contribution in [0.1, 0.15) is 11.4 Å². The lowest BCUT2D eigenvalue weighted by Gasteiger charge is -2.16. The monoisotopic (exact) mass is 545 g/mol. The van der Waals surface area contributed by atoms with Gasteiger partial charge in [-0.3, -0.25) is 0 Å². The fourth-order valence-corrected chi connectivity index (χ4v) is 6.90. The molecule has 43 heavy (non-hydrogen) atoms. The van der Waals surface area contributed by atoms with Crippen molar-refractivity contribution in [1.29, 1.82) is 10.5 Å². The van der Waals surface area contributed by atoms with Crippen LogP contribution in [0.15, 0.2) is 115 Å². The Hall–Kier alpha value is -6.30. The smallest absolute Gasteiger partial charge is 0.177 e. The predicted molar refractivity (Wildman–Crippen MR) is 171 cm³/mol. The number of fused-ring (bicyclic) bond motifs is 7. The fourth-order valence-electron chi connectivity index (χ4n) is 6.90. The van der Waals surface area contributed by atoms with Crippen LogP contribution in [-0.2, 0) is 0 Å². The Morgan fingerprint density at radius 2 is 0.930 bits per heavy atom. The van der Waals surface area contributed by atoms with Crippen LogP contribution in [0.25, 0.3) is 82.7 Å². The molecule has 0 N–H and O–H groups in total. The van der Waals surface area contributed by atoms with E-state index < -0.39 is 0 Å². The second-order valence-electron chi connectivity index (χ2n) is 10.8. The van der Waals surface area contributed by atoms with Gasteiger partial charge in [-0.15, -0.1) is 0 Å². The first-order chi connectivity index (χ1) is 21.3. The zero-order chi connectivity index (χ0) is 28.7. The van der Waals surface area contributed by atoms with E-state index in [0.29, 0.717) is 11.4 Å². The first kappa shape index (κ1) is 23.4. The number of aromatic nitrogens is 3. The van der Waals surface area contributed by atoms with Crippen molar-refractivity contribution in [3.05, 3.63) is 127 Å². The van der Waals surface area contributed by atoms with Crippen molar-refractivity contribution in [3.8, 4) is 51.5 Å². The molecule has 1 aliphatic carbocycles. The number of benzene rings is 6. The van der Waals surface area contributed by atoms with E-state index in [9.17, 15) is 10.5 Å². The third-order valence-corrected chi connectivity index (χ3v) is 8.67. The van der Waals surface area contributed by atoms with E-state index in [-0.39, 0.29) is 11.4 Å². The highest BCUT2D eigenvalue weighted by molar-refractivity contribution is 6.19. The average molecular weight is 546 g/mol. The summed E-state index contributed by atoms with van der Waals surface area (Å²) in [4.78, 5) is 9.15. The number of nitriles is 2. The molecule has 0 spiro atoms. The summed E-state index contributed by atoms with van der Waals surface area (Å²) in [7, 11) is 0. The lowest BCUT2D eigenvalue weighted by molar-refractivity contribution is 1.15. The van der Waals surface area contributed by atoms with E-state index in [0.717, 1.165) is 44.1 Å². The Morgan fingerprint density at radius 1 is 0.442 bits per heavy atom. The Balaban J connectivity index is 1.32. The van der Waals surface area contributed by atoms with Crippen LogP contribution in [0.2, 0.25) is 0 Å². The first-order valence-corrected chi connectivity index (χ1v) is 14.1. The minimum atomic E-state index is 0.0536. The van der Waals surface area contributed by atoms with Gasteiger partial charge in [0, 0.05) is 32.7 Å². The Labute approximate surface area is 246 Å². The maximum Gasteiger partial charge on any atom is 0.177 e. The van der Waals surface area contributed by atoms with Gasteiger partial charge in [-0.25, -0.2) is 9.97 Å². The molecular formula is C38H19N5. The van der Waals surface area contributed by atoms with Crippen LogP contribution in [-0.4, -0.2) is 14.5 Å². The Morgan fingerprint density at radius 3 is 1.58 bits per heavy atom. The summed E-state index contributed by atoms with van der Waals surface area (Å²) >= 11 is 0. The normalized spacial score (nSPS) is 11.7. The fraction of sp³-hybridized carbons (Fsp3) is 0. The quantitative estimate of drug-likeness (QED) is 0.217. The molecule has 0 bridgehead atoms. The summed E-state index contributed by atoms with van der Waals surface area (Å²) in [5.41, 5.74) is 9.02. The van der Waals surface area contributed by atoms with Crippen molar-refractivity contribution in [2.45, 2.75) is 0 Å². The average Bonchev–Trinajstić information content (AvgIpc) is 3.57. The van der Waals surface area contributed by atoms with Crippen molar-refractivity contribution in [2.75, 3.05) is 0 Å². The van der Waals surface area contributed by atoms with Crippen molar-refractivity contribution in [1.82, 2.24) is 14.5 Å². The SMILES string of the molecule is N#Cc1nc2c(nc1C#N)-c1ccc(-c3ccc(-n4c5ccccc5c5ccccc54)c4ccccc34)c3cccc-2c13. The van der Waals surface area contributed by atoms with E-state index in [2.05, 4.69) is 118 Å². The zero-order valence-electron chi connectivity index (χ0n) is 22.7. The van der Waals surface area contributed by atoms with Crippen LogP contribution in [0.3, 0.4) is 0 Å². The highest BCUT2D eigenvalue weighted by Gasteiger charge is 2.28. The van der Waals surface area contributed by atoms with Crippen LogP contribution >= 0.6 is 0 Å². The largest absolute Gasteiger partial charge is 0.309 e. The van der Waals surface area contributed by atoms with Crippen LogP contribution in [0.4, 0.5) is 0 Å². The first-order valence-electron chi connectivity index (χ1n) is 14.1. The van der Waals surface area contributed by atoms with E-state index in [1.54, 1.807) is 0 Å². The maximum absolute atomic E-state index is 9.59. The lowest BCUT2D eigenvalue weighted by atomic mass is 9.91. The minimum Gasteiger partial charge on any atom is -0.309 e. The van der Waals surface area contributed by atoms with Gasteiger partial charge in [-0.05, 0) is 40.1 Å². The zero-order valence-corrected chi connectivity index (χ0v) is 22.7. The summed E-state index contributed by atoms with van der Waals surface area (Å²) in [5, 5.41) is 26.1. The van der Waals surface area contributed by atoms with Gasteiger partial charge in [-0.2, -0.15) is 10.5 Å². The molecule has 2 aromatic heterocycles. The summed E-state index contributed by atoms with van der Waals surface area (Å²) in [6.07, 6.45) is 0. The number of rotatable bonds is 2. The molecule has 0 saturated heterocycles. The van der Waals surface area contributed by atoms with Crippen molar-refractivity contribution in [2.24, 2.45) is 0 Å².